The lowest BCUT2D eigenvalue weighted by Crippen LogP contribution is -2.48. The fourth-order valence-corrected chi connectivity index (χ4v) is 2.97. The Balaban J connectivity index is 2.06. The van der Waals surface area contributed by atoms with Crippen molar-refractivity contribution in [2.75, 3.05) is 39.1 Å². The van der Waals surface area contributed by atoms with Crippen LogP contribution >= 0.6 is 0 Å². The summed E-state index contributed by atoms with van der Waals surface area (Å²) in [6.45, 7) is 7.61. The molecule has 1 aromatic rings. The van der Waals surface area contributed by atoms with E-state index < -0.39 is 0 Å². The Morgan fingerprint density at radius 3 is 2.65 bits per heavy atom. The molecule has 0 saturated heterocycles. The summed E-state index contributed by atoms with van der Waals surface area (Å²) in [6.07, 6.45) is 1.10. The van der Waals surface area contributed by atoms with Crippen LogP contribution in [0.1, 0.15) is 37.9 Å². The number of hydrogen-bond donors (Lipinski definition) is 2. The van der Waals surface area contributed by atoms with E-state index in [4.69, 9.17) is 0 Å². The quantitative estimate of drug-likeness (QED) is 0.896. The maximum absolute atomic E-state index is 12.0. The number of carbonyl (C=O) groups is 1. The summed E-state index contributed by atoms with van der Waals surface area (Å²) in [4.78, 5) is 16.4. The molecule has 23 heavy (non-hydrogen) atoms. The van der Waals surface area contributed by atoms with Crippen LogP contribution in [0.4, 0.5) is 10.5 Å². The molecule has 1 aromatic carbocycles. The number of anilines is 1. The fraction of sp³-hybridized carbons (Fsp3) is 0.611. The SMILES string of the molecule is CN1CCc2cc(C(CNC(=O)NC(C)(C)C)N(C)C)ccc21. The number of nitrogens with one attached hydrogen (secondary N) is 2. The third-order valence-corrected chi connectivity index (χ3v) is 4.18. The van der Waals surface area contributed by atoms with Crippen molar-refractivity contribution in [3.8, 4) is 0 Å². The van der Waals surface area contributed by atoms with Crippen LogP contribution in [0, 0.1) is 0 Å². The maximum Gasteiger partial charge on any atom is 0.315 e. The number of benzene rings is 1. The van der Waals surface area contributed by atoms with Crippen molar-refractivity contribution in [3.05, 3.63) is 29.3 Å². The van der Waals surface area contributed by atoms with Crippen molar-refractivity contribution in [2.45, 2.75) is 38.8 Å². The first-order valence-electron chi connectivity index (χ1n) is 8.24. The molecular formula is C18H30N4O. The van der Waals surface area contributed by atoms with Gasteiger partial charge in [0.25, 0.3) is 0 Å². The van der Waals surface area contributed by atoms with Crippen molar-refractivity contribution >= 4 is 11.7 Å². The Labute approximate surface area is 140 Å². The minimum atomic E-state index is -0.226. The van der Waals surface area contributed by atoms with Gasteiger partial charge in [-0.15, -0.1) is 0 Å². The number of likely N-dealkylation sites (N-methyl/N-ethyl adjacent to an activating group) is 2. The maximum atomic E-state index is 12.0. The minimum absolute atomic E-state index is 0.120. The summed E-state index contributed by atoms with van der Waals surface area (Å²) in [5, 5.41) is 5.93. The monoisotopic (exact) mass is 318 g/mol. The van der Waals surface area contributed by atoms with E-state index in [2.05, 4.69) is 45.7 Å². The van der Waals surface area contributed by atoms with E-state index in [9.17, 15) is 4.79 Å². The average Bonchev–Trinajstić information content (AvgIpc) is 2.78. The molecule has 0 fully saturated rings. The molecule has 0 aromatic heterocycles. The molecule has 0 bridgehead atoms. The van der Waals surface area contributed by atoms with E-state index in [1.165, 1.54) is 16.8 Å². The number of nitrogens with zero attached hydrogens (tertiary/aromatic N) is 2. The Morgan fingerprint density at radius 1 is 1.35 bits per heavy atom. The van der Waals surface area contributed by atoms with E-state index in [0.29, 0.717) is 6.54 Å². The average molecular weight is 318 g/mol. The predicted molar refractivity (Wildman–Crippen MR) is 96.1 cm³/mol. The molecule has 0 spiro atoms. The van der Waals surface area contributed by atoms with Crippen LogP contribution in [-0.2, 0) is 6.42 Å². The van der Waals surface area contributed by atoms with Gasteiger partial charge in [0, 0.05) is 31.4 Å². The van der Waals surface area contributed by atoms with Crippen LogP contribution in [0.25, 0.3) is 0 Å². The van der Waals surface area contributed by atoms with E-state index in [0.717, 1.165) is 13.0 Å². The molecule has 5 heteroatoms. The number of hydrogen-bond acceptors (Lipinski definition) is 3. The van der Waals surface area contributed by atoms with Crippen LogP contribution in [0.3, 0.4) is 0 Å². The van der Waals surface area contributed by atoms with Crippen LogP contribution < -0.4 is 15.5 Å². The molecule has 1 unspecified atom stereocenters. The van der Waals surface area contributed by atoms with Crippen LogP contribution in [-0.4, -0.2) is 50.7 Å². The molecule has 1 atom stereocenters. The van der Waals surface area contributed by atoms with Crippen molar-refractivity contribution in [1.29, 1.82) is 0 Å². The molecule has 128 valence electrons. The van der Waals surface area contributed by atoms with Gasteiger partial charge in [0.05, 0.1) is 6.04 Å². The molecule has 1 aliphatic heterocycles. The summed E-state index contributed by atoms with van der Waals surface area (Å²) >= 11 is 0. The van der Waals surface area contributed by atoms with E-state index in [-0.39, 0.29) is 17.6 Å². The number of amides is 2. The van der Waals surface area contributed by atoms with Crippen molar-refractivity contribution < 1.29 is 4.79 Å². The van der Waals surface area contributed by atoms with Gasteiger partial charge in [0.1, 0.15) is 0 Å². The fourth-order valence-electron chi connectivity index (χ4n) is 2.97. The molecule has 5 nitrogen and oxygen atoms in total. The lowest BCUT2D eigenvalue weighted by molar-refractivity contribution is 0.224. The zero-order valence-electron chi connectivity index (χ0n) is 15.2. The van der Waals surface area contributed by atoms with Gasteiger partial charge in [0.15, 0.2) is 0 Å². The number of fused-ring (bicyclic) bond motifs is 1. The van der Waals surface area contributed by atoms with Gasteiger partial charge in [-0.3, -0.25) is 0 Å². The van der Waals surface area contributed by atoms with E-state index in [1.807, 2.05) is 34.9 Å². The first-order valence-corrected chi connectivity index (χ1v) is 8.24. The topological polar surface area (TPSA) is 47.6 Å². The second kappa shape index (κ2) is 6.79. The van der Waals surface area contributed by atoms with Crippen LogP contribution in [0.5, 0.6) is 0 Å². The van der Waals surface area contributed by atoms with Gasteiger partial charge >= 0.3 is 6.03 Å². The molecule has 0 saturated carbocycles. The third kappa shape index (κ3) is 4.61. The summed E-state index contributed by atoms with van der Waals surface area (Å²) in [7, 11) is 6.23. The smallest absolute Gasteiger partial charge is 0.315 e. The third-order valence-electron chi connectivity index (χ3n) is 4.18. The zero-order chi connectivity index (χ0) is 17.2. The Hall–Kier alpha value is -1.75. The highest BCUT2D eigenvalue weighted by Crippen LogP contribution is 2.30. The zero-order valence-corrected chi connectivity index (χ0v) is 15.2. The molecule has 1 aliphatic rings. The normalized spacial score (nSPS) is 15.5. The van der Waals surface area contributed by atoms with Gasteiger partial charge < -0.3 is 20.4 Å². The van der Waals surface area contributed by atoms with E-state index >= 15 is 0 Å². The molecule has 2 N–H and O–H groups in total. The highest BCUT2D eigenvalue weighted by molar-refractivity contribution is 5.74. The van der Waals surface area contributed by atoms with E-state index in [1.54, 1.807) is 0 Å². The lowest BCUT2D eigenvalue weighted by atomic mass is 10.0. The minimum Gasteiger partial charge on any atom is -0.374 e. The predicted octanol–water partition coefficient (Wildman–Crippen LogP) is 2.38. The molecule has 0 aliphatic carbocycles. The highest BCUT2D eigenvalue weighted by Gasteiger charge is 2.21. The second-order valence-electron chi connectivity index (χ2n) is 7.62. The second-order valence-corrected chi connectivity index (χ2v) is 7.62. The number of carbonyl (C=O) groups excluding carboxylic acids is 1. The summed E-state index contributed by atoms with van der Waals surface area (Å²) in [6, 6.07) is 6.70. The van der Waals surface area contributed by atoms with Gasteiger partial charge in [0.2, 0.25) is 0 Å². The molecule has 2 rings (SSSR count). The van der Waals surface area contributed by atoms with Gasteiger partial charge in [-0.1, -0.05) is 12.1 Å². The van der Waals surface area contributed by atoms with Crippen LogP contribution in [0.2, 0.25) is 0 Å². The van der Waals surface area contributed by atoms with Gasteiger partial charge in [-0.2, -0.15) is 0 Å². The summed E-state index contributed by atoms with van der Waals surface area (Å²) < 4.78 is 0. The molecular weight excluding hydrogens is 288 g/mol. The Bertz CT molecular complexity index is 563. The summed E-state index contributed by atoms with van der Waals surface area (Å²) in [5.41, 5.74) is 3.75. The van der Waals surface area contributed by atoms with Crippen molar-refractivity contribution in [3.63, 3.8) is 0 Å². The van der Waals surface area contributed by atoms with Gasteiger partial charge in [-0.25, -0.2) is 4.79 Å². The van der Waals surface area contributed by atoms with Crippen molar-refractivity contribution in [2.24, 2.45) is 0 Å². The molecule has 1 heterocycles. The van der Waals surface area contributed by atoms with Gasteiger partial charge in [-0.05, 0) is 58.5 Å². The highest BCUT2D eigenvalue weighted by atomic mass is 16.2. The largest absolute Gasteiger partial charge is 0.374 e. The standard InChI is InChI=1S/C18H30N4O/c1-18(2,3)20-17(23)19-12-16(21(4)5)13-7-8-15-14(11-13)9-10-22(15)6/h7-8,11,16H,9-10,12H2,1-6H3,(H2,19,20,23). The number of urea groups is 1. The molecule has 0 radical (unpaired) electrons. The first-order chi connectivity index (χ1) is 10.7. The Kier molecular flexibility index (Phi) is 5.19. The molecule has 2 amide bonds. The number of rotatable bonds is 4. The first kappa shape index (κ1) is 17.6. The van der Waals surface area contributed by atoms with Crippen molar-refractivity contribution in [1.82, 2.24) is 15.5 Å². The Morgan fingerprint density at radius 2 is 2.04 bits per heavy atom. The van der Waals surface area contributed by atoms with Crippen LogP contribution in [0.15, 0.2) is 18.2 Å². The summed E-state index contributed by atoms with van der Waals surface area (Å²) in [5.74, 6) is 0. The lowest BCUT2D eigenvalue weighted by Gasteiger charge is -2.27.